The number of anilines is 1. The number of rotatable bonds is 5. The van der Waals surface area contributed by atoms with Crippen LogP contribution in [0, 0.1) is 0 Å². The van der Waals surface area contributed by atoms with E-state index >= 15 is 0 Å². The number of sulfonamides is 1. The Morgan fingerprint density at radius 2 is 1.87 bits per heavy atom. The molecule has 156 valence electrons. The van der Waals surface area contributed by atoms with Gasteiger partial charge in [-0.2, -0.15) is 8.78 Å². The highest BCUT2D eigenvalue weighted by molar-refractivity contribution is 9.10. The monoisotopic (exact) mass is 495 g/mol. The third-order valence-corrected chi connectivity index (χ3v) is 5.61. The van der Waals surface area contributed by atoms with Gasteiger partial charge in [-0.05, 0) is 47.5 Å². The maximum absolute atomic E-state index is 13.0. The zero-order valence-electron chi connectivity index (χ0n) is 15.6. The summed E-state index contributed by atoms with van der Waals surface area (Å²) in [5.41, 5.74) is 2.80. The zero-order chi connectivity index (χ0) is 21.5. The molecule has 4 rings (SSSR count). The van der Waals surface area contributed by atoms with Crippen molar-refractivity contribution in [2.45, 2.75) is 12.7 Å². The van der Waals surface area contributed by atoms with Gasteiger partial charge >= 0.3 is 6.61 Å². The highest BCUT2D eigenvalue weighted by atomic mass is 79.9. The molecule has 0 bridgehead atoms. The van der Waals surface area contributed by atoms with E-state index in [0.717, 1.165) is 16.3 Å². The molecule has 0 aromatic heterocycles. The van der Waals surface area contributed by atoms with E-state index in [9.17, 15) is 17.2 Å². The van der Waals surface area contributed by atoms with Gasteiger partial charge in [0.05, 0.1) is 11.8 Å². The first kappa shape index (κ1) is 20.6. The maximum atomic E-state index is 13.0. The number of hydrogen-bond donors (Lipinski definition) is 1. The van der Waals surface area contributed by atoms with Crippen molar-refractivity contribution >= 4 is 31.6 Å². The van der Waals surface area contributed by atoms with Gasteiger partial charge in [-0.1, -0.05) is 40.2 Å². The van der Waals surface area contributed by atoms with Crippen LogP contribution in [0.4, 0.5) is 14.5 Å². The predicted octanol–water partition coefficient (Wildman–Crippen LogP) is 5.57. The van der Waals surface area contributed by atoms with Crippen LogP contribution in [-0.2, 0) is 10.0 Å². The van der Waals surface area contributed by atoms with Crippen LogP contribution in [0.15, 0.2) is 65.1 Å². The van der Waals surface area contributed by atoms with Gasteiger partial charge in [0.1, 0.15) is 17.6 Å². The minimum Gasteiger partial charge on any atom is -0.480 e. The first-order valence-corrected chi connectivity index (χ1v) is 11.5. The van der Waals surface area contributed by atoms with E-state index in [0.29, 0.717) is 28.1 Å². The molecule has 3 aromatic carbocycles. The number of nitrogens with one attached hydrogen (secondary N) is 1. The van der Waals surface area contributed by atoms with E-state index in [1.807, 2.05) is 24.3 Å². The van der Waals surface area contributed by atoms with E-state index in [1.165, 1.54) is 6.07 Å². The summed E-state index contributed by atoms with van der Waals surface area (Å²) in [4.78, 5) is 0. The predicted molar refractivity (Wildman–Crippen MR) is 114 cm³/mol. The van der Waals surface area contributed by atoms with Crippen LogP contribution in [0.2, 0.25) is 0 Å². The fraction of sp³-hybridized carbons (Fsp3) is 0.143. The van der Waals surface area contributed by atoms with Crippen LogP contribution in [0.1, 0.15) is 17.2 Å². The fourth-order valence-electron chi connectivity index (χ4n) is 3.46. The van der Waals surface area contributed by atoms with Crippen LogP contribution in [-0.4, -0.2) is 21.3 Å². The van der Waals surface area contributed by atoms with Crippen molar-refractivity contribution in [1.82, 2.24) is 0 Å². The molecule has 0 aliphatic carbocycles. The summed E-state index contributed by atoms with van der Waals surface area (Å²) in [5.74, 6) is 0.384. The van der Waals surface area contributed by atoms with Crippen LogP contribution in [0.25, 0.3) is 11.1 Å². The lowest BCUT2D eigenvalue weighted by molar-refractivity contribution is -0.0496. The summed E-state index contributed by atoms with van der Waals surface area (Å²) < 4.78 is 63.5. The summed E-state index contributed by atoms with van der Waals surface area (Å²) in [6.45, 7) is -2.99. The molecule has 1 unspecified atom stereocenters. The normalized spacial score (nSPS) is 15.2. The quantitative estimate of drug-likeness (QED) is 0.502. The molecule has 0 spiro atoms. The molecule has 9 heteroatoms. The second-order valence-corrected chi connectivity index (χ2v) is 9.40. The number of halogens is 3. The van der Waals surface area contributed by atoms with Crippen LogP contribution < -0.4 is 14.2 Å². The van der Waals surface area contributed by atoms with Crippen LogP contribution in [0.3, 0.4) is 0 Å². The summed E-state index contributed by atoms with van der Waals surface area (Å²) >= 11 is 3.44. The lowest BCUT2D eigenvalue weighted by Crippen LogP contribution is -2.17. The molecule has 0 radical (unpaired) electrons. The van der Waals surface area contributed by atoms with Gasteiger partial charge < -0.3 is 9.47 Å². The zero-order valence-corrected chi connectivity index (χ0v) is 18.0. The molecular formula is C21H16BrF2NO4S. The lowest BCUT2D eigenvalue weighted by Gasteiger charge is -2.30. The smallest absolute Gasteiger partial charge is 0.387 e. The molecule has 5 nitrogen and oxygen atoms in total. The highest BCUT2D eigenvalue weighted by Crippen LogP contribution is 2.50. The molecule has 0 saturated heterocycles. The molecular weight excluding hydrogens is 480 g/mol. The molecule has 0 saturated carbocycles. The number of ether oxygens (including phenoxy) is 2. The number of fused-ring (bicyclic) bond motifs is 3. The summed E-state index contributed by atoms with van der Waals surface area (Å²) in [6, 6.07) is 17.1. The van der Waals surface area contributed by atoms with Gasteiger partial charge in [-0.25, -0.2) is 8.42 Å². The third kappa shape index (κ3) is 4.27. The second-order valence-electron chi connectivity index (χ2n) is 6.74. The van der Waals surface area contributed by atoms with E-state index < -0.39 is 22.7 Å². The van der Waals surface area contributed by atoms with E-state index in [1.54, 1.807) is 30.3 Å². The van der Waals surface area contributed by atoms with Gasteiger partial charge in [0.25, 0.3) is 0 Å². The molecule has 30 heavy (non-hydrogen) atoms. The average molecular weight is 496 g/mol. The van der Waals surface area contributed by atoms with Crippen LogP contribution >= 0.6 is 15.9 Å². The summed E-state index contributed by atoms with van der Waals surface area (Å²) in [6.07, 6.45) is 0.478. The standard InChI is InChI=1S/C21H16BrF2NO4S/c1-30(26,27)25-14-8-9-15-16(11-14)20(12-4-2-5-13(22)10-12)28-17-6-3-7-18(19(15)17)29-21(23)24/h2-11,20-21,25H,1H3. The molecule has 1 aliphatic heterocycles. The summed E-state index contributed by atoms with van der Waals surface area (Å²) in [5, 5.41) is 0. The Balaban J connectivity index is 1.92. The molecule has 0 amide bonds. The van der Waals surface area contributed by atoms with Gasteiger partial charge in [0.15, 0.2) is 0 Å². The molecule has 3 aromatic rings. The fourth-order valence-corrected chi connectivity index (χ4v) is 4.43. The van der Waals surface area contributed by atoms with Crippen molar-refractivity contribution in [2.75, 3.05) is 11.0 Å². The number of hydrogen-bond acceptors (Lipinski definition) is 4. The van der Waals surface area contributed by atoms with E-state index in [-0.39, 0.29) is 5.75 Å². The van der Waals surface area contributed by atoms with Crippen molar-refractivity contribution in [3.8, 4) is 22.6 Å². The van der Waals surface area contributed by atoms with Gasteiger partial charge in [0, 0.05) is 15.7 Å². The van der Waals surface area contributed by atoms with Crippen molar-refractivity contribution in [3.05, 3.63) is 76.3 Å². The average Bonchev–Trinajstić information content (AvgIpc) is 2.65. The minimum atomic E-state index is -3.50. The first-order chi connectivity index (χ1) is 14.2. The Kier molecular flexibility index (Phi) is 5.42. The Labute approximate surface area is 180 Å². The SMILES string of the molecule is CS(=O)(=O)Nc1ccc2c(c1)C(c1cccc(Br)c1)Oc1cccc(OC(F)F)c1-2. The molecule has 1 N–H and O–H groups in total. The van der Waals surface area contributed by atoms with Gasteiger partial charge in [-0.15, -0.1) is 0 Å². The topological polar surface area (TPSA) is 64.6 Å². The minimum absolute atomic E-state index is 0.0136. The number of benzene rings is 3. The lowest BCUT2D eigenvalue weighted by atomic mass is 9.89. The van der Waals surface area contributed by atoms with Crippen molar-refractivity contribution < 1.29 is 26.7 Å². The van der Waals surface area contributed by atoms with Crippen molar-refractivity contribution in [3.63, 3.8) is 0 Å². The van der Waals surface area contributed by atoms with Gasteiger partial charge in [0.2, 0.25) is 10.0 Å². The Morgan fingerprint density at radius 1 is 1.10 bits per heavy atom. The summed E-state index contributed by atoms with van der Waals surface area (Å²) in [7, 11) is -3.50. The van der Waals surface area contributed by atoms with Gasteiger partial charge in [-0.3, -0.25) is 4.72 Å². The second kappa shape index (κ2) is 7.88. The molecule has 1 heterocycles. The first-order valence-electron chi connectivity index (χ1n) is 8.83. The van der Waals surface area contributed by atoms with E-state index in [2.05, 4.69) is 20.7 Å². The number of alkyl halides is 2. The van der Waals surface area contributed by atoms with Crippen molar-refractivity contribution in [2.24, 2.45) is 0 Å². The van der Waals surface area contributed by atoms with Crippen molar-refractivity contribution in [1.29, 1.82) is 0 Å². The Hall–Kier alpha value is -2.65. The largest absolute Gasteiger partial charge is 0.480 e. The highest BCUT2D eigenvalue weighted by Gasteiger charge is 2.31. The maximum Gasteiger partial charge on any atom is 0.387 e. The van der Waals surface area contributed by atoms with E-state index in [4.69, 9.17) is 9.47 Å². The molecule has 1 atom stereocenters. The Bertz CT molecular complexity index is 1220. The Morgan fingerprint density at radius 3 is 2.57 bits per heavy atom. The molecule has 1 aliphatic rings. The van der Waals surface area contributed by atoms with Crippen LogP contribution in [0.5, 0.6) is 11.5 Å². The third-order valence-electron chi connectivity index (χ3n) is 4.51. The molecule has 0 fully saturated rings.